The van der Waals surface area contributed by atoms with Crippen molar-refractivity contribution in [2.45, 2.75) is 30.7 Å². The van der Waals surface area contributed by atoms with Crippen molar-refractivity contribution in [3.63, 3.8) is 0 Å². The van der Waals surface area contributed by atoms with Crippen LogP contribution in [0.15, 0.2) is 33.5 Å². The third-order valence-corrected chi connectivity index (χ3v) is 5.38. The Morgan fingerprint density at radius 1 is 0.853 bits per heavy atom. The molecule has 5 atom stereocenters. The molecule has 4 rings (SSSR count). The van der Waals surface area contributed by atoms with Gasteiger partial charge in [0.1, 0.15) is 35.6 Å². The van der Waals surface area contributed by atoms with Gasteiger partial charge in [0, 0.05) is 11.6 Å². The van der Waals surface area contributed by atoms with E-state index in [4.69, 9.17) is 13.9 Å². The van der Waals surface area contributed by atoms with Crippen LogP contribution in [-0.4, -0.2) is 83.3 Å². The molecule has 0 amide bonds. The van der Waals surface area contributed by atoms with E-state index < -0.39 is 94.0 Å². The van der Waals surface area contributed by atoms with E-state index in [0.717, 1.165) is 12.1 Å². The lowest BCUT2D eigenvalue weighted by molar-refractivity contribution is -0.277. The van der Waals surface area contributed by atoms with Gasteiger partial charge >= 0.3 is 0 Å². The van der Waals surface area contributed by atoms with Gasteiger partial charge in [0.2, 0.25) is 23.2 Å². The average molecular weight is 480 g/mol. The van der Waals surface area contributed by atoms with E-state index in [9.17, 15) is 50.8 Å². The second-order valence-corrected chi connectivity index (χ2v) is 7.58. The zero-order chi connectivity index (χ0) is 24.9. The average Bonchev–Trinajstić information content (AvgIpc) is 2.80. The van der Waals surface area contributed by atoms with Gasteiger partial charge in [-0.25, -0.2) is 0 Å². The van der Waals surface area contributed by atoms with Gasteiger partial charge in [0.25, 0.3) is 0 Å². The second-order valence-electron chi connectivity index (χ2n) is 7.58. The molecule has 1 aliphatic rings. The molecule has 0 radical (unpaired) electrons. The summed E-state index contributed by atoms with van der Waals surface area (Å²) in [6, 6.07) is 3.92. The summed E-state index contributed by atoms with van der Waals surface area (Å²) < 4.78 is 16.2. The van der Waals surface area contributed by atoms with Crippen molar-refractivity contribution in [2.24, 2.45) is 0 Å². The zero-order valence-electron chi connectivity index (χ0n) is 17.1. The van der Waals surface area contributed by atoms with E-state index in [2.05, 4.69) is 0 Å². The number of aliphatic hydroxyl groups is 4. The molecule has 0 saturated carbocycles. The summed E-state index contributed by atoms with van der Waals surface area (Å²) in [6.07, 6.45) is -8.50. The van der Waals surface area contributed by atoms with Crippen LogP contribution in [0.5, 0.6) is 34.5 Å². The molecular formula is C21H20O13. The summed E-state index contributed by atoms with van der Waals surface area (Å²) >= 11 is 0. The highest BCUT2D eigenvalue weighted by Gasteiger charge is 2.45. The minimum Gasteiger partial charge on any atom is -0.507 e. The van der Waals surface area contributed by atoms with Crippen LogP contribution in [0.3, 0.4) is 0 Å². The Labute approximate surface area is 189 Å². The molecule has 9 N–H and O–H groups in total. The molecule has 1 saturated heterocycles. The molecule has 1 aliphatic heterocycles. The SMILES string of the molecule is O=c1c(O)c(-c2ccc(O)c(O)c2)oc2c(O[C@@H]3OC(CO)[C@@H](O)[C@@H](O)C3O)c(O)cc(O)c12. The Kier molecular flexibility index (Phi) is 5.89. The summed E-state index contributed by atoms with van der Waals surface area (Å²) in [7, 11) is 0. The Morgan fingerprint density at radius 3 is 2.21 bits per heavy atom. The molecule has 2 heterocycles. The maximum atomic E-state index is 12.8. The lowest BCUT2D eigenvalue weighted by Crippen LogP contribution is -2.60. The number of benzene rings is 2. The van der Waals surface area contributed by atoms with Gasteiger partial charge in [0.05, 0.1) is 6.61 Å². The first-order chi connectivity index (χ1) is 16.0. The monoisotopic (exact) mass is 480 g/mol. The fourth-order valence-corrected chi connectivity index (χ4v) is 3.56. The molecule has 0 bridgehead atoms. The largest absolute Gasteiger partial charge is 0.507 e. The van der Waals surface area contributed by atoms with Crippen LogP contribution in [0.1, 0.15) is 0 Å². The van der Waals surface area contributed by atoms with Gasteiger partial charge in [-0.15, -0.1) is 0 Å². The topological polar surface area (TPSA) is 231 Å². The fraction of sp³-hybridized carbons (Fsp3) is 0.286. The molecule has 2 unspecified atom stereocenters. The van der Waals surface area contributed by atoms with Crippen LogP contribution in [0, 0.1) is 0 Å². The molecule has 1 aromatic heterocycles. The number of phenols is 4. The molecule has 34 heavy (non-hydrogen) atoms. The summed E-state index contributed by atoms with van der Waals surface area (Å²) in [5, 5.41) is 89.0. The van der Waals surface area contributed by atoms with Crippen LogP contribution in [0.2, 0.25) is 0 Å². The minimum absolute atomic E-state index is 0.0755. The number of aliphatic hydroxyl groups excluding tert-OH is 4. The molecule has 2 aromatic carbocycles. The van der Waals surface area contributed by atoms with E-state index in [1.807, 2.05) is 0 Å². The first-order valence-electron chi connectivity index (χ1n) is 9.79. The van der Waals surface area contributed by atoms with Crippen LogP contribution in [-0.2, 0) is 4.74 Å². The fourth-order valence-electron chi connectivity index (χ4n) is 3.56. The van der Waals surface area contributed by atoms with Gasteiger partial charge in [0.15, 0.2) is 28.6 Å². The summed E-state index contributed by atoms with van der Waals surface area (Å²) in [5.74, 6) is -4.84. The second kappa shape index (κ2) is 8.55. The van der Waals surface area contributed by atoms with E-state index >= 15 is 0 Å². The Morgan fingerprint density at radius 2 is 1.56 bits per heavy atom. The van der Waals surface area contributed by atoms with Crippen molar-refractivity contribution in [3.8, 4) is 45.8 Å². The van der Waals surface area contributed by atoms with Crippen molar-refractivity contribution in [3.05, 3.63) is 34.5 Å². The number of aromatic hydroxyl groups is 5. The highest BCUT2D eigenvalue weighted by Crippen LogP contribution is 2.44. The lowest BCUT2D eigenvalue weighted by atomic mass is 9.99. The predicted molar refractivity (Wildman–Crippen MR) is 111 cm³/mol. The normalized spacial score (nSPS) is 24.9. The number of ether oxygens (including phenoxy) is 2. The molecule has 13 nitrogen and oxygen atoms in total. The first kappa shape index (κ1) is 23.4. The quantitative estimate of drug-likeness (QED) is 0.208. The van der Waals surface area contributed by atoms with Crippen LogP contribution < -0.4 is 10.2 Å². The molecule has 0 aliphatic carbocycles. The molecule has 182 valence electrons. The Bertz CT molecular complexity index is 1300. The van der Waals surface area contributed by atoms with Gasteiger partial charge < -0.3 is 59.8 Å². The maximum Gasteiger partial charge on any atom is 0.238 e. The smallest absolute Gasteiger partial charge is 0.238 e. The van der Waals surface area contributed by atoms with E-state index in [-0.39, 0.29) is 5.56 Å². The van der Waals surface area contributed by atoms with Crippen molar-refractivity contribution < 1.29 is 59.8 Å². The van der Waals surface area contributed by atoms with Crippen molar-refractivity contribution in [2.75, 3.05) is 6.61 Å². The number of rotatable bonds is 4. The van der Waals surface area contributed by atoms with E-state index in [1.54, 1.807) is 0 Å². The van der Waals surface area contributed by atoms with Crippen LogP contribution >= 0.6 is 0 Å². The molecule has 0 spiro atoms. The van der Waals surface area contributed by atoms with Crippen molar-refractivity contribution in [1.29, 1.82) is 0 Å². The molecule has 1 fully saturated rings. The van der Waals surface area contributed by atoms with E-state index in [1.165, 1.54) is 6.07 Å². The van der Waals surface area contributed by atoms with E-state index in [0.29, 0.717) is 6.07 Å². The zero-order valence-corrected chi connectivity index (χ0v) is 17.1. The Balaban J connectivity index is 1.89. The Hall–Kier alpha value is -3.75. The highest BCUT2D eigenvalue weighted by atomic mass is 16.7. The van der Waals surface area contributed by atoms with Crippen LogP contribution in [0.4, 0.5) is 0 Å². The summed E-state index contributed by atoms with van der Waals surface area (Å²) in [5.41, 5.74) is -1.84. The number of hydrogen-bond donors (Lipinski definition) is 9. The highest BCUT2D eigenvalue weighted by molar-refractivity contribution is 5.93. The molecule has 3 aromatic rings. The number of phenolic OH excluding ortho intramolecular Hbond substituents is 4. The molecule has 13 heteroatoms. The van der Waals surface area contributed by atoms with Gasteiger partial charge in [-0.3, -0.25) is 4.79 Å². The van der Waals surface area contributed by atoms with Crippen molar-refractivity contribution in [1.82, 2.24) is 0 Å². The summed E-state index contributed by atoms with van der Waals surface area (Å²) in [6.45, 7) is -0.759. The van der Waals surface area contributed by atoms with Crippen molar-refractivity contribution >= 4 is 11.0 Å². The van der Waals surface area contributed by atoms with Crippen LogP contribution in [0.25, 0.3) is 22.3 Å². The standard InChI is InChI=1S/C21H20O13/c22-5-11-13(27)15(29)17(31)21(32-11)34-19-10(26)4-9(25)12-14(28)16(30)18(33-20(12)19)6-1-2-7(23)8(24)3-6/h1-4,11,13,15,17,21-27,29-31H,5H2/t11?,13-,15-,17?,21+/m1/s1. The lowest BCUT2D eigenvalue weighted by Gasteiger charge is -2.39. The number of fused-ring (bicyclic) bond motifs is 1. The van der Waals surface area contributed by atoms with Gasteiger partial charge in [-0.1, -0.05) is 0 Å². The van der Waals surface area contributed by atoms with Gasteiger partial charge in [-0.05, 0) is 18.2 Å². The molecular weight excluding hydrogens is 460 g/mol. The third-order valence-electron chi connectivity index (χ3n) is 5.38. The predicted octanol–water partition coefficient (Wildman–Crippen LogP) is -0.833. The first-order valence-corrected chi connectivity index (χ1v) is 9.79. The minimum atomic E-state index is -1.88. The third kappa shape index (κ3) is 3.70. The maximum absolute atomic E-state index is 12.8. The van der Waals surface area contributed by atoms with Gasteiger partial charge in [-0.2, -0.15) is 0 Å². The number of hydrogen-bond acceptors (Lipinski definition) is 13. The summed E-state index contributed by atoms with van der Waals surface area (Å²) in [4.78, 5) is 12.8.